The molecule has 6 heteroatoms. The van der Waals surface area contributed by atoms with E-state index in [1.165, 1.54) is 10.3 Å². The fraction of sp³-hybridized carbons (Fsp3) is 0.357. The van der Waals surface area contributed by atoms with Crippen molar-refractivity contribution in [2.75, 3.05) is 13.1 Å². The minimum absolute atomic E-state index is 0.115. The highest BCUT2D eigenvalue weighted by molar-refractivity contribution is 7.94. The molecule has 0 bridgehead atoms. The first-order valence-electron chi connectivity index (χ1n) is 6.45. The number of rotatable bonds is 3. The zero-order valence-electron chi connectivity index (χ0n) is 11.0. The second-order valence-electron chi connectivity index (χ2n) is 4.79. The molecule has 0 radical (unpaired) electrons. The molecule has 0 aliphatic carbocycles. The minimum atomic E-state index is -3.40. The maximum absolute atomic E-state index is 12.1. The molecule has 20 heavy (non-hydrogen) atoms. The molecule has 1 heterocycles. The van der Waals surface area contributed by atoms with Gasteiger partial charge in [0.1, 0.15) is 0 Å². The molecule has 5 nitrogen and oxygen atoms in total. The van der Waals surface area contributed by atoms with E-state index in [1.54, 1.807) is 36.4 Å². The summed E-state index contributed by atoms with van der Waals surface area (Å²) in [5.74, 6) is 0.115. The number of hydrogen-bond acceptors (Lipinski definition) is 3. The lowest BCUT2D eigenvalue weighted by atomic mass is 9.97. The molecular weight excluding hydrogens is 278 g/mol. The molecule has 1 aliphatic rings. The topological polar surface area (TPSA) is 74.7 Å². The fourth-order valence-corrected chi connectivity index (χ4v) is 3.31. The summed E-state index contributed by atoms with van der Waals surface area (Å²) in [6.07, 6.45) is 2.09. The first-order valence-corrected chi connectivity index (χ1v) is 8.00. The van der Waals surface area contributed by atoms with E-state index in [2.05, 4.69) is 0 Å². The molecule has 0 aromatic heterocycles. The van der Waals surface area contributed by atoms with Gasteiger partial charge in [-0.25, -0.2) is 13.2 Å². The second-order valence-corrected chi connectivity index (χ2v) is 6.63. The van der Waals surface area contributed by atoms with Crippen LogP contribution in [0.25, 0.3) is 0 Å². The summed E-state index contributed by atoms with van der Waals surface area (Å²) in [5.41, 5.74) is 0. The molecule has 1 saturated heterocycles. The Labute approximate surface area is 118 Å². The standard InChI is InChI=1S/C14H17NO4S/c16-14(17)15-9-6-12(7-10-15)8-11-20(18,19)13-4-2-1-3-5-13/h1-5,8,11-12H,6-7,9-10H2,(H,16,17)/b11-8+. The number of carboxylic acid groups (broad SMARTS) is 1. The van der Waals surface area contributed by atoms with Gasteiger partial charge in [-0.2, -0.15) is 0 Å². The van der Waals surface area contributed by atoms with Gasteiger partial charge in [0.2, 0.25) is 0 Å². The van der Waals surface area contributed by atoms with Gasteiger partial charge in [-0.1, -0.05) is 24.3 Å². The Morgan fingerprint density at radius 2 is 1.80 bits per heavy atom. The molecule has 0 saturated carbocycles. The largest absolute Gasteiger partial charge is 0.465 e. The van der Waals surface area contributed by atoms with Crippen molar-refractivity contribution in [3.63, 3.8) is 0 Å². The quantitative estimate of drug-likeness (QED) is 0.929. The van der Waals surface area contributed by atoms with Crippen molar-refractivity contribution in [1.82, 2.24) is 4.90 Å². The highest BCUT2D eigenvalue weighted by atomic mass is 32.2. The first-order chi connectivity index (χ1) is 9.49. The van der Waals surface area contributed by atoms with Crippen LogP contribution in [0.15, 0.2) is 46.7 Å². The third-order valence-corrected chi connectivity index (χ3v) is 4.86. The Morgan fingerprint density at radius 3 is 2.35 bits per heavy atom. The number of hydrogen-bond donors (Lipinski definition) is 1. The molecule has 0 spiro atoms. The molecule has 2 rings (SSSR count). The molecule has 1 amide bonds. The second kappa shape index (κ2) is 6.09. The Hall–Kier alpha value is -1.82. The van der Waals surface area contributed by atoms with Crippen molar-refractivity contribution in [2.45, 2.75) is 17.7 Å². The van der Waals surface area contributed by atoms with Crippen LogP contribution in [-0.2, 0) is 9.84 Å². The zero-order valence-corrected chi connectivity index (χ0v) is 11.8. The van der Waals surface area contributed by atoms with Crippen molar-refractivity contribution in [1.29, 1.82) is 0 Å². The maximum Gasteiger partial charge on any atom is 0.407 e. The van der Waals surface area contributed by atoms with Gasteiger partial charge >= 0.3 is 6.09 Å². The summed E-state index contributed by atoms with van der Waals surface area (Å²) in [7, 11) is -3.40. The van der Waals surface area contributed by atoms with E-state index in [4.69, 9.17) is 5.11 Å². The number of amides is 1. The van der Waals surface area contributed by atoms with Gasteiger partial charge in [0, 0.05) is 18.5 Å². The highest BCUT2D eigenvalue weighted by Crippen LogP contribution is 2.20. The van der Waals surface area contributed by atoms with Crippen LogP contribution in [0, 0.1) is 5.92 Å². The number of likely N-dealkylation sites (tertiary alicyclic amines) is 1. The SMILES string of the molecule is O=C(O)N1CCC(/C=C/S(=O)(=O)c2ccccc2)CC1. The van der Waals surface area contributed by atoms with Crippen molar-refractivity contribution in [2.24, 2.45) is 5.92 Å². The van der Waals surface area contributed by atoms with Crippen molar-refractivity contribution in [3.8, 4) is 0 Å². The summed E-state index contributed by atoms with van der Waals surface area (Å²) < 4.78 is 24.1. The van der Waals surface area contributed by atoms with Crippen LogP contribution in [0.1, 0.15) is 12.8 Å². The van der Waals surface area contributed by atoms with E-state index in [9.17, 15) is 13.2 Å². The van der Waals surface area contributed by atoms with Crippen LogP contribution in [0.2, 0.25) is 0 Å². The Balaban J connectivity index is 1.99. The number of allylic oxidation sites excluding steroid dienone is 1. The Kier molecular flexibility index (Phi) is 4.44. The van der Waals surface area contributed by atoms with Crippen LogP contribution in [0.4, 0.5) is 4.79 Å². The third-order valence-electron chi connectivity index (χ3n) is 3.41. The molecule has 0 unspecified atom stereocenters. The van der Waals surface area contributed by atoms with E-state index in [0.717, 1.165) is 0 Å². The van der Waals surface area contributed by atoms with E-state index in [1.807, 2.05) is 0 Å². The lowest BCUT2D eigenvalue weighted by Gasteiger charge is -2.28. The van der Waals surface area contributed by atoms with Gasteiger partial charge < -0.3 is 10.0 Å². The molecule has 108 valence electrons. The van der Waals surface area contributed by atoms with E-state index in [-0.39, 0.29) is 10.8 Å². The molecule has 1 aliphatic heterocycles. The summed E-state index contributed by atoms with van der Waals surface area (Å²) in [5, 5.41) is 10.1. The van der Waals surface area contributed by atoms with Gasteiger partial charge in [-0.3, -0.25) is 0 Å². The van der Waals surface area contributed by atoms with Crippen LogP contribution >= 0.6 is 0 Å². The highest BCUT2D eigenvalue weighted by Gasteiger charge is 2.21. The number of carbonyl (C=O) groups is 1. The molecule has 0 atom stereocenters. The summed E-state index contributed by atoms with van der Waals surface area (Å²) in [6, 6.07) is 8.27. The van der Waals surface area contributed by atoms with E-state index < -0.39 is 15.9 Å². The number of nitrogens with zero attached hydrogens (tertiary/aromatic N) is 1. The molecule has 1 fully saturated rings. The van der Waals surface area contributed by atoms with E-state index in [0.29, 0.717) is 25.9 Å². The molecular formula is C14H17NO4S. The molecule has 1 aromatic rings. The van der Waals surface area contributed by atoms with Gasteiger partial charge in [0.25, 0.3) is 0 Å². The average molecular weight is 295 g/mol. The van der Waals surface area contributed by atoms with Crippen molar-refractivity contribution in [3.05, 3.63) is 41.8 Å². The summed E-state index contributed by atoms with van der Waals surface area (Å²) >= 11 is 0. The van der Waals surface area contributed by atoms with Gasteiger partial charge in [0.15, 0.2) is 9.84 Å². The first kappa shape index (κ1) is 14.6. The smallest absolute Gasteiger partial charge is 0.407 e. The fourth-order valence-electron chi connectivity index (χ4n) is 2.19. The maximum atomic E-state index is 12.1. The predicted octanol–water partition coefficient (Wildman–Crippen LogP) is 2.36. The van der Waals surface area contributed by atoms with Gasteiger partial charge in [-0.15, -0.1) is 0 Å². The molecule has 1 aromatic carbocycles. The van der Waals surface area contributed by atoms with Crippen molar-refractivity contribution < 1.29 is 18.3 Å². The minimum Gasteiger partial charge on any atom is -0.465 e. The van der Waals surface area contributed by atoms with Crippen LogP contribution in [0.3, 0.4) is 0 Å². The van der Waals surface area contributed by atoms with Crippen LogP contribution in [-0.4, -0.2) is 37.6 Å². The van der Waals surface area contributed by atoms with Crippen LogP contribution in [0.5, 0.6) is 0 Å². The predicted molar refractivity (Wildman–Crippen MR) is 75.1 cm³/mol. The zero-order chi connectivity index (χ0) is 14.6. The lowest BCUT2D eigenvalue weighted by Crippen LogP contribution is -2.37. The molecule has 1 N–H and O–H groups in total. The number of sulfone groups is 1. The monoisotopic (exact) mass is 295 g/mol. The van der Waals surface area contributed by atoms with Gasteiger partial charge in [0.05, 0.1) is 4.90 Å². The summed E-state index contributed by atoms with van der Waals surface area (Å²) in [6.45, 7) is 0.908. The normalized spacial score (nSPS) is 17.5. The Morgan fingerprint density at radius 1 is 1.20 bits per heavy atom. The van der Waals surface area contributed by atoms with Crippen LogP contribution < -0.4 is 0 Å². The summed E-state index contributed by atoms with van der Waals surface area (Å²) in [4.78, 5) is 12.4. The number of benzene rings is 1. The van der Waals surface area contributed by atoms with Gasteiger partial charge in [-0.05, 0) is 30.9 Å². The Bertz CT molecular complexity index is 587. The number of piperidine rings is 1. The lowest BCUT2D eigenvalue weighted by molar-refractivity contribution is 0.129. The average Bonchev–Trinajstić information content (AvgIpc) is 2.46. The van der Waals surface area contributed by atoms with Crippen molar-refractivity contribution >= 4 is 15.9 Å². The van der Waals surface area contributed by atoms with E-state index >= 15 is 0 Å². The third kappa shape index (κ3) is 3.60.